The van der Waals surface area contributed by atoms with Crippen LogP contribution in [-0.2, 0) is 12.5 Å². The third-order valence-corrected chi connectivity index (χ3v) is 4.11. The van der Waals surface area contributed by atoms with Crippen molar-refractivity contribution in [2.75, 3.05) is 6.54 Å². The molecule has 17 heavy (non-hydrogen) atoms. The van der Waals surface area contributed by atoms with Crippen LogP contribution in [0, 0.1) is 0 Å². The maximum Gasteiger partial charge on any atom is 0.116 e. The van der Waals surface area contributed by atoms with Crippen LogP contribution < -0.4 is 5.73 Å². The second kappa shape index (κ2) is 4.42. The molecule has 1 atom stereocenters. The van der Waals surface area contributed by atoms with Gasteiger partial charge in [0.1, 0.15) is 5.82 Å². The molecule has 1 heterocycles. The largest absolute Gasteiger partial charge is 0.331 e. The van der Waals surface area contributed by atoms with Gasteiger partial charge < -0.3 is 10.3 Å². The predicted molar refractivity (Wildman–Crippen MR) is 75.1 cm³/mol. The van der Waals surface area contributed by atoms with Crippen LogP contribution in [0.4, 0.5) is 0 Å². The molecule has 0 aliphatic rings. The molecular weight excluding hydrogens is 278 g/mol. The fraction of sp³-hybridized carbons (Fsp3) is 0.462. The zero-order chi connectivity index (χ0) is 12.6. The van der Waals surface area contributed by atoms with Gasteiger partial charge in [0, 0.05) is 23.5 Å². The molecule has 0 saturated carbocycles. The van der Waals surface area contributed by atoms with Gasteiger partial charge in [-0.15, -0.1) is 0 Å². The van der Waals surface area contributed by atoms with Crippen molar-refractivity contribution in [3.05, 3.63) is 28.5 Å². The number of nitrogens with two attached hydrogens (primary N) is 1. The van der Waals surface area contributed by atoms with Gasteiger partial charge in [-0.05, 0) is 24.6 Å². The van der Waals surface area contributed by atoms with E-state index in [2.05, 4.69) is 47.5 Å². The maximum atomic E-state index is 5.91. The number of aryl methyl sites for hydroxylation is 1. The quantitative estimate of drug-likeness (QED) is 0.946. The van der Waals surface area contributed by atoms with Crippen molar-refractivity contribution in [2.45, 2.75) is 25.7 Å². The van der Waals surface area contributed by atoms with Crippen LogP contribution in [-0.4, -0.2) is 16.1 Å². The molecular formula is C13H18BrN3. The lowest BCUT2D eigenvalue weighted by atomic mass is 9.87. The minimum Gasteiger partial charge on any atom is -0.331 e. The van der Waals surface area contributed by atoms with Gasteiger partial charge in [0.15, 0.2) is 0 Å². The Morgan fingerprint density at radius 1 is 1.47 bits per heavy atom. The molecule has 0 saturated heterocycles. The molecule has 1 aromatic heterocycles. The van der Waals surface area contributed by atoms with Crippen LogP contribution in [0.5, 0.6) is 0 Å². The van der Waals surface area contributed by atoms with Crippen molar-refractivity contribution < 1.29 is 0 Å². The summed E-state index contributed by atoms with van der Waals surface area (Å²) in [6.07, 6.45) is 0.988. The Morgan fingerprint density at radius 2 is 2.18 bits per heavy atom. The van der Waals surface area contributed by atoms with Gasteiger partial charge in [0.05, 0.1) is 11.0 Å². The summed E-state index contributed by atoms with van der Waals surface area (Å²) in [6.45, 7) is 4.94. The molecule has 0 amide bonds. The van der Waals surface area contributed by atoms with Crippen LogP contribution in [0.2, 0.25) is 0 Å². The van der Waals surface area contributed by atoms with E-state index in [1.165, 1.54) is 0 Å². The second-order valence-corrected chi connectivity index (χ2v) is 5.66. The Kier molecular flexibility index (Phi) is 3.27. The Hall–Kier alpha value is -0.870. The number of hydrogen-bond acceptors (Lipinski definition) is 2. The van der Waals surface area contributed by atoms with E-state index >= 15 is 0 Å². The van der Waals surface area contributed by atoms with E-state index in [9.17, 15) is 0 Å². The van der Waals surface area contributed by atoms with Gasteiger partial charge in [-0.2, -0.15) is 0 Å². The van der Waals surface area contributed by atoms with Crippen LogP contribution in [0.3, 0.4) is 0 Å². The molecule has 0 aliphatic carbocycles. The number of nitrogens with zero attached hydrogens (tertiary/aromatic N) is 2. The van der Waals surface area contributed by atoms with Crippen LogP contribution in [0.25, 0.3) is 11.0 Å². The van der Waals surface area contributed by atoms with Gasteiger partial charge in [-0.1, -0.05) is 29.8 Å². The third kappa shape index (κ3) is 2.00. The zero-order valence-corrected chi connectivity index (χ0v) is 12.1. The number of imidazole rings is 1. The first-order chi connectivity index (χ1) is 8.01. The monoisotopic (exact) mass is 295 g/mol. The molecule has 0 bridgehead atoms. The molecule has 92 valence electrons. The summed E-state index contributed by atoms with van der Waals surface area (Å²) in [4.78, 5) is 4.74. The Morgan fingerprint density at radius 3 is 2.76 bits per heavy atom. The predicted octanol–water partition coefficient (Wildman–Crippen LogP) is 2.96. The number of rotatable bonds is 3. The lowest BCUT2D eigenvalue weighted by Crippen LogP contribution is -2.33. The fourth-order valence-electron chi connectivity index (χ4n) is 2.11. The van der Waals surface area contributed by atoms with E-state index in [-0.39, 0.29) is 5.41 Å². The minimum absolute atomic E-state index is 0.0553. The van der Waals surface area contributed by atoms with E-state index in [4.69, 9.17) is 10.7 Å². The van der Waals surface area contributed by atoms with Gasteiger partial charge in [-0.25, -0.2) is 4.98 Å². The van der Waals surface area contributed by atoms with E-state index in [0.717, 1.165) is 27.8 Å². The van der Waals surface area contributed by atoms with Crippen LogP contribution in [0.1, 0.15) is 26.1 Å². The minimum atomic E-state index is -0.0553. The molecule has 0 aliphatic heterocycles. The SMILES string of the molecule is CCC(C)(CN)c1nc2cc(Br)ccc2n1C. The molecule has 3 nitrogen and oxygen atoms in total. The highest BCUT2D eigenvalue weighted by Crippen LogP contribution is 2.29. The van der Waals surface area contributed by atoms with E-state index in [1.807, 2.05) is 12.1 Å². The van der Waals surface area contributed by atoms with Crippen LogP contribution in [0.15, 0.2) is 22.7 Å². The molecule has 2 aromatic rings. The van der Waals surface area contributed by atoms with Crippen molar-refractivity contribution in [2.24, 2.45) is 12.8 Å². The topological polar surface area (TPSA) is 43.8 Å². The number of benzene rings is 1. The summed E-state index contributed by atoms with van der Waals surface area (Å²) in [5, 5.41) is 0. The average Bonchev–Trinajstić information content (AvgIpc) is 2.66. The van der Waals surface area contributed by atoms with Gasteiger partial charge in [0.25, 0.3) is 0 Å². The van der Waals surface area contributed by atoms with Crippen molar-refractivity contribution in [1.29, 1.82) is 0 Å². The Balaban J connectivity index is 2.67. The number of hydrogen-bond donors (Lipinski definition) is 1. The molecule has 0 radical (unpaired) electrons. The summed E-state index contributed by atoms with van der Waals surface area (Å²) in [5.41, 5.74) is 8.02. The van der Waals surface area contributed by atoms with E-state index in [0.29, 0.717) is 6.54 Å². The first kappa shape index (κ1) is 12.6. The summed E-state index contributed by atoms with van der Waals surface area (Å²) >= 11 is 3.48. The first-order valence-corrected chi connectivity index (χ1v) is 6.63. The third-order valence-electron chi connectivity index (χ3n) is 3.61. The van der Waals surface area contributed by atoms with E-state index < -0.39 is 0 Å². The summed E-state index contributed by atoms with van der Waals surface area (Å²) < 4.78 is 3.21. The van der Waals surface area contributed by atoms with E-state index in [1.54, 1.807) is 0 Å². The number of aromatic nitrogens is 2. The first-order valence-electron chi connectivity index (χ1n) is 5.84. The highest BCUT2D eigenvalue weighted by Gasteiger charge is 2.28. The lowest BCUT2D eigenvalue weighted by molar-refractivity contribution is 0.427. The Bertz CT molecular complexity index is 541. The van der Waals surface area contributed by atoms with Gasteiger partial charge >= 0.3 is 0 Å². The number of halogens is 1. The van der Waals surface area contributed by atoms with Crippen molar-refractivity contribution in [1.82, 2.24) is 9.55 Å². The molecule has 4 heteroatoms. The zero-order valence-electron chi connectivity index (χ0n) is 10.5. The molecule has 1 aromatic carbocycles. The standard InChI is InChI=1S/C13H18BrN3/c1-4-13(2,8-15)12-16-10-7-9(14)5-6-11(10)17(12)3/h5-7H,4,8,15H2,1-3H3. The van der Waals surface area contributed by atoms with Crippen molar-refractivity contribution in [3.63, 3.8) is 0 Å². The highest BCUT2D eigenvalue weighted by atomic mass is 79.9. The second-order valence-electron chi connectivity index (χ2n) is 4.75. The molecule has 2 N–H and O–H groups in total. The highest BCUT2D eigenvalue weighted by molar-refractivity contribution is 9.10. The summed E-state index contributed by atoms with van der Waals surface area (Å²) in [7, 11) is 2.06. The maximum absolute atomic E-state index is 5.91. The number of fused-ring (bicyclic) bond motifs is 1. The molecule has 1 unspecified atom stereocenters. The van der Waals surface area contributed by atoms with Crippen molar-refractivity contribution >= 4 is 27.0 Å². The fourth-order valence-corrected chi connectivity index (χ4v) is 2.46. The molecule has 2 rings (SSSR count). The summed E-state index contributed by atoms with van der Waals surface area (Å²) in [5.74, 6) is 1.07. The Labute approximate surface area is 110 Å². The van der Waals surface area contributed by atoms with Gasteiger partial charge in [-0.3, -0.25) is 0 Å². The lowest BCUT2D eigenvalue weighted by Gasteiger charge is -2.25. The van der Waals surface area contributed by atoms with Crippen molar-refractivity contribution in [3.8, 4) is 0 Å². The normalized spacial score (nSPS) is 15.1. The average molecular weight is 296 g/mol. The van der Waals surface area contributed by atoms with Crippen LogP contribution >= 0.6 is 15.9 Å². The van der Waals surface area contributed by atoms with Gasteiger partial charge in [0.2, 0.25) is 0 Å². The molecule has 0 fully saturated rings. The molecule has 0 spiro atoms. The summed E-state index contributed by atoms with van der Waals surface area (Å²) in [6, 6.07) is 6.17. The smallest absolute Gasteiger partial charge is 0.116 e.